The second-order valence-corrected chi connectivity index (χ2v) is 3.62. The van der Waals surface area contributed by atoms with Crippen molar-refractivity contribution in [1.82, 2.24) is 4.90 Å². The van der Waals surface area contributed by atoms with Gasteiger partial charge in [0, 0.05) is 25.6 Å². The molecule has 0 unspecified atom stereocenters. The van der Waals surface area contributed by atoms with Crippen LogP contribution < -0.4 is 5.73 Å². The lowest BCUT2D eigenvalue weighted by atomic mass is 10.1. The molecule has 3 heteroatoms. The molecule has 1 rings (SSSR count). The summed E-state index contributed by atoms with van der Waals surface area (Å²) in [6.45, 7) is 7.75. The van der Waals surface area contributed by atoms with Crippen LogP contribution in [0.4, 0.5) is 0 Å². The molecule has 1 amide bonds. The first kappa shape index (κ1) is 13.4. The molecule has 1 fully saturated rings. The number of hydrogen-bond acceptors (Lipinski definition) is 2. The van der Waals surface area contributed by atoms with Crippen molar-refractivity contribution in [1.29, 1.82) is 0 Å². The van der Waals surface area contributed by atoms with Crippen molar-refractivity contribution >= 4 is 5.91 Å². The molecule has 14 heavy (non-hydrogen) atoms. The number of carbonyl (C=O) groups excluding carboxylic acids is 1. The van der Waals surface area contributed by atoms with Crippen LogP contribution >= 0.6 is 0 Å². The van der Waals surface area contributed by atoms with Crippen molar-refractivity contribution in [2.75, 3.05) is 13.1 Å². The Kier molecular flexibility index (Phi) is 7.48. The lowest BCUT2D eigenvalue weighted by Crippen LogP contribution is -2.38. The maximum atomic E-state index is 11.5. The van der Waals surface area contributed by atoms with E-state index in [0.717, 1.165) is 25.9 Å². The molecule has 1 aliphatic rings. The number of rotatable bonds is 2. The third-order valence-corrected chi connectivity index (χ3v) is 2.21. The van der Waals surface area contributed by atoms with Crippen LogP contribution in [-0.2, 0) is 4.79 Å². The Morgan fingerprint density at radius 2 is 1.79 bits per heavy atom. The van der Waals surface area contributed by atoms with Gasteiger partial charge in [0.2, 0.25) is 5.91 Å². The van der Waals surface area contributed by atoms with Gasteiger partial charge in [-0.3, -0.25) is 4.79 Å². The van der Waals surface area contributed by atoms with Gasteiger partial charge >= 0.3 is 0 Å². The van der Waals surface area contributed by atoms with Gasteiger partial charge in [0.15, 0.2) is 0 Å². The Hall–Kier alpha value is -0.570. The van der Waals surface area contributed by atoms with Crippen LogP contribution in [0.1, 0.15) is 46.5 Å². The molecule has 84 valence electrons. The third-order valence-electron chi connectivity index (χ3n) is 2.21. The molecule has 0 spiro atoms. The van der Waals surface area contributed by atoms with Crippen molar-refractivity contribution in [2.45, 2.75) is 52.5 Å². The van der Waals surface area contributed by atoms with Crippen molar-refractivity contribution in [3.05, 3.63) is 0 Å². The molecule has 0 radical (unpaired) electrons. The highest BCUT2D eigenvalue weighted by Crippen LogP contribution is 2.10. The third kappa shape index (κ3) is 5.22. The molecule has 0 saturated carbocycles. The average Bonchev–Trinajstić information content (AvgIpc) is 2.21. The van der Waals surface area contributed by atoms with Gasteiger partial charge in [-0.25, -0.2) is 0 Å². The van der Waals surface area contributed by atoms with Crippen LogP contribution in [-0.4, -0.2) is 29.9 Å². The zero-order chi connectivity index (χ0) is 11.0. The number of likely N-dealkylation sites (tertiary alicyclic amines) is 1. The minimum absolute atomic E-state index is 0.000531. The second kappa shape index (κ2) is 7.80. The molecule has 0 aromatic rings. The van der Waals surface area contributed by atoms with E-state index < -0.39 is 0 Å². The highest BCUT2D eigenvalue weighted by Gasteiger charge is 2.16. The summed E-state index contributed by atoms with van der Waals surface area (Å²) < 4.78 is 0. The van der Waals surface area contributed by atoms with Crippen molar-refractivity contribution in [3.8, 4) is 0 Å². The standard InChI is InChI=1S/C9H18N2O.C2H6/c1-8(10)7-9(12)11-5-3-2-4-6-11;1-2/h8H,2-7,10H2,1H3;1-2H3/t8-;/m1./s1. The summed E-state index contributed by atoms with van der Waals surface area (Å²) >= 11 is 0. The van der Waals surface area contributed by atoms with Crippen LogP contribution in [0.15, 0.2) is 0 Å². The van der Waals surface area contributed by atoms with Gasteiger partial charge in [0.1, 0.15) is 0 Å². The predicted molar refractivity (Wildman–Crippen MR) is 60.0 cm³/mol. The van der Waals surface area contributed by atoms with E-state index in [9.17, 15) is 4.79 Å². The summed E-state index contributed by atoms with van der Waals surface area (Å²) in [6, 6.07) is -0.000531. The minimum Gasteiger partial charge on any atom is -0.343 e. The molecule has 0 bridgehead atoms. The van der Waals surface area contributed by atoms with E-state index in [2.05, 4.69) is 0 Å². The van der Waals surface area contributed by atoms with Gasteiger partial charge in [-0.1, -0.05) is 13.8 Å². The highest BCUT2D eigenvalue weighted by molar-refractivity contribution is 5.76. The van der Waals surface area contributed by atoms with Gasteiger partial charge in [-0.15, -0.1) is 0 Å². The average molecular weight is 200 g/mol. The minimum atomic E-state index is -0.000531. The summed E-state index contributed by atoms with van der Waals surface area (Å²) in [7, 11) is 0. The Bertz CT molecular complexity index is 151. The number of nitrogens with zero attached hydrogens (tertiary/aromatic N) is 1. The molecule has 3 nitrogen and oxygen atoms in total. The summed E-state index contributed by atoms with van der Waals surface area (Å²) in [5.41, 5.74) is 5.55. The zero-order valence-electron chi connectivity index (χ0n) is 9.75. The molecule has 1 heterocycles. The van der Waals surface area contributed by atoms with Crippen molar-refractivity contribution in [3.63, 3.8) is 0 Å². The van der Waals surface area contributed by atoms with E-state index in [0.29, 0.717) is 6.42 Å². The Balaban J connectivity index is 0.000000791. The molecule has 0 aromatic carbocycles. The maximum absolute atomic E-state index is 11.5. The van der Waals surface area contributed by atoms with E-state index in [1.807, 2.05) is 25.7 Å². The fourth-order valence-corrected chi connectivity index (χ4v) is 1.55. The predicted octanol–water partition coefficient (Wildman–Crippen LogP) is 1.76. The van der Waals surface area contributed by atoms with Gasteiger partial charge in [-0.2, -0.15) is 0 Å². The zero-order valence-corrected chi connectivity index (χ0v) is 9.75. The quantitative estimate of drug-likeness (QED) is 0.738. The maximum Gasteiger partial charge on any atom is 0.224 e. The molecule has 1 atom stereocenters. The molecular formula is C11H24N2O. The Morgan fingerprint density at radius 3 is 2.21 bits per heavy atom. The van der Waals surface area contributed by atoms with Crippen molar-refractivity contribution in [2.24, 2.45) is 5.73 Å². The summed E-state index contributed by atoms with van der Waals surface area (Å²) in [4.78, 5) is 13.4. The van der Waals surface area contributed by atoms with Gasteiger partial charge in [-0.05, 0) is 26.2 Å². The van der Waals surface area contributed by atoms with E-state index in [4.69, 9.17) is 5.73 Å². The summed E-state index contributed by atoms with van der Waals surface area (Å²) in [5.74, 6) is 0.227. The smallest absolute Gasteiger partial charge is 0.224 e. The molecular weight excluding hydrogens is 176 g/mol. The second-order valence-electron chi connectivity index (χ2n) is 3.62. The lowest BCUT2D eigenvalue weighted by Gasteiger charge is -2.27. The first-order valence-electron chi connectivity index (χ1n) is 5.73. The highest BCUT2D eigenvalue weighted by atomic mass is 16.2. The van der Waals surface area contributed by atoms with Crippen LogP contribution in [0, 0.1) is 0 Å². The largest absolute Gasteiger partial charge is 0.343 e. The number of carbonyl (C=O) groups is 1. The van der Waals surface area contributed by atoms with E-state index >= 15 is 0 Å². The Morgan fingerprint density at radius 1 is 1.29 bits per heavy atom. The number of hydrogen-bond donors (Lipinski definition) is 1. The normalized spacial score (nSPS) is 18.1. The summed E-state index contributed by atoms with van der Waals surface area (Å²) in [6.07, 6.45) is 4.08. The van der Waals surface area contributed by atoms with Crippen LogP contribution in [0.3, 0.4) is 0 Å². The Labute approximate surface area is 87.6 Å². The summed E-state index contributed by atoms with van der Waals surface area (Å²) in [5, 5.41) is 0. The lowest BCUT2D eigenvalue weighted by molar-refractivity contribution is -0.132. The molecule has 0 aliphatic carbocycles. The van der Waals surface area contributed by atoms with Gasteiger partial charge < -0.3 is 10.6 Å². The topological polar surface area (TPSA) is 46.3 Å². The molecule has 1 saturated heterocycles. The molecule has 0 aromatic heterocycles. The number of piperidine rings is 1. The van der Waals surface area contributed by atoms with E-state index in [1.165, 1.54) is 6.42 Å². The SMILES string of the molecule is CC.C[C@@H](N)CC(=O)N1CCCCC1. The molecule has 1 aliphatic heterocycles. The van der Waals surface area contributed by atoms with Gasteiger partial charge in [0.05, 0.1) is 0 Å². The van der Waals surface area contributed by atoms with Crippen LogP contribution in [0.5, 0.6) is 0 Å². The van der Waals surface area contributed by atoms with Crippen LogP contribution in [0.2, 0.25) is 0 Å². The van der Waals surface area contributed by atoms with E-state index in [-0.39, 0.29) is 11.9 Å². The fraction of sp³-hybridized carbons (Fsp3) is 0.909. The van der Waals surface area contributed by atoms with Crippen molar-refractivity contribution < 1.29 is 4.79 Å². The van der Waals surface area contributed by atoms with E-state index in [1.54, 1.807) is 0 Å². The first-order valence-corrected chi connectivity index (χ1v) is 5.73. The monoisotopic (exact) mass is 200 g/mol. The van der Waals surface area contributed by atoms with Gasteiger partial charge in [0.25, 0.3) is 0 Å². The van der Waals surface area contributed by atoms with Crippen LogP contribution in [0.25, 0.3) is 0 Å². The first-order chi connectivity index (χ1) is 6.70. The number of nitrogens with two attached hydrogens (primary N) is 1. The number of amides is 1. The fourth-order valence-electron chi connectivity index (χ4n) is 1.55. The molecule has 2 N–H and O–H groups in total.